The van der Waals surface area contributed by atoms with E-state index in [2.05, 4.69) is 14.7 Å². The highest BCUT2D eigenvalue weighted by atomic mass is 32.1. The number of aliphatic imine (C=N–C) groups is 1. The largest absolute Gasteiger partial charge is 0.383 e. The van der Waals surface area contributed by atoms with Crippen molar-refractivity contribution in [2.75, 3.05) is 11.9 Å². The molecule has 0 atom stereocenters. The monoisotopic (exact) mass is 434 g/mol. The Labute approximate surface area is 185 Å². The Balaban J connectivity index is 1.47. The number of H-pyrrole nitrogens is 1. The van der Waals surface area contributed by atoms with Gasteiger partial charge in [0.25, 0.3) is 5.56 Å². The second-order valence-electron chi connectivity index (χ2n) is 7.86. The molecule has 160 valence electrons. The van der Waals surface area contributed by atoms with Gasteiger partial charge in [-0.2, -0.15) is 0 Å². The molecule has 0 saturated heterocycles. The average Bonchev–Trinajstić information content (AvgIpc) is 3.18. The summed E-state index contributed by atoms with van der Waals surface area (Å²) in [5.41, 5.74) is 8.35. The van der Waals surface area contributed by atoms with Crippen molar-refractivity contribution in [2.24, 2.45) is 16.6 Å². The van der Waals surface area contributed by atoms with E-state index in [1.807, 2.05) is 30.3 Å². The maximum absolute atomic E-state index is 12.6. The summed E-state index contributed by atoms with van der Waals surface area (Å²) in [5, 5.41) is 3.86. The van der Waals surface area contributed by atoms with Gasteiger partial charge in [0.1, 0.15) is 16.4 Å². The van der Waals surface area contributed by atoms with Gasteiger partial charge in [-0.05, 0) is 54.6 Å². The highest BCUT2D eigenvalue weighted by Crippen LogP contribution is 2.25. The van der Waals surface area contributed by atoms with Crippen molar-refractivity contribution in [1.82, 2.24) is 4.37 Å². The third kappa shape index (κ3) is 5.11. The van der Waals surface area contributed by atoms with Crippen molar-refractivity contribution in [3.05, 3.63) is 81.6 Å². The summed E-state index contributed by atoms with van der Waals surface area (Å²) >= 11 is 1.19. The van der Waals surface area contributed by atoms with E-state index < -0.39 is 0 Å². The van der Waals surface area contributed by atoms with E-state index in [9.17, 15) is 9.59 Å². The second kappa shape index (κ2) is 9.75. The van der Waals surface area contributed by atoms with Crippen molar-refractivity contribution >= 4 is 33.8 Å². The first-order valence-corrected chi connectivity index (χ1v) is 11.4. The van der Waals surface area contributed by atoms with Gasteiger partial charge in [0, 0.05) is 23.4 Å². The highest BCUT2D eigenvalue weighted by molar-refractivity contribution is 7.10. The van der Waals surface area contributed by atoms with Crippen LogP contribution in [-0.4, -0.2) is 22.5 Å². The number of benzene rings is 2. The molecule has 6 nitrogen and oxygen atoms in total. The summed E-state index contributed by atoms with van der Waals surface area (Å²) in [4.78, 5) is 29.4. The molecular formula is C24H26N4O2S. The number of anilines is 2. The minimum atomic E-state index is -0.242. The highest BCUT2D eigenvalue weighted by Gasteiger charge is 2.17. The number of ketones is 1. The third-order valence-electron chi connectivity index (χ3n) is 5.64. The summed E-state index contributed by atoms with van der Waals surface area (Å²) in [6.45, 7) is 0.664. The quantitative estimate of drug-likeness (QED) is 0.285. The molecule has 0 unspecified atom stereocenters. The molecule has 0 aliphatic heterocycles. The zero-order chi connectivity index (χ0) is 21.6. The first-order valence-electron chi connectivity index (χ1n) is 10.6. The fourth-order valence-corrected chi connectivity index (χ4v) is 4.66. The molecule has 4 rings (SSSR count). The summed E-state index contributed by atoms with van der Waals surface area (Å²) in [5.74, 6) is 0.792. The van der Waals surface area contributed by atoms with Gasteiger partial charge in [0.05, 0.1) is 0 Å². The lowest BCUT2D eigenvalue weighted by molar-refractivity contribution is 0.103. The smallest absolute Gasteiger partial charge is 0.271 e. The van der Waals surface area contributed by atoms with Crippen LogP contribution in [0.1, 0.15) is 53.6 Å². The van der Waals surface area contributed by atoms with Gasteiger partial charge in [0.15, 0.2) is 5.78 Å². The first kappa shape index (κ1) is 21.1. The lowest BCUT2D eigenvalue weighted by Crippen LogP contribution is -2.23. The van der Waals surface area contributed by atoms with Crippen molar-refractivity contribution < 1.29 is 4.79 Å². The number of aromatic amines is 1. The lowest BCUT2D eigenvalue weighted by atomic mass is 9.89. The average molecular weight is 435 g/mol. The number of nitrogens with zero attached hydrogens (tertiary/aromatic N) is 1. The van der Waals surface area contributed by atoms with E-state index in [1.165, 1.54) is 43.6 Å². The Morgan fingerprint density at radius 2 is 1.71 bits per heavy atom. The molecule has 1 aliphatic carbocycles. The van der Waals surface area contributed by atoms with E-state index in [-0.39, 0.29) is 17.2 Å². The SMILES string of the molecule is NC(=NCC1CCCCC1)c1c(Nc2ccc(C(=O)c3ccccc3)cc2)s[nH]c1=O. The Kier molecular flexibility index (Phi) is 6.62. The van der Waals surface area contributed by atoms with Gasteiger partial charge in [-0.1, -0.05) is 49.6 Å². The Bertz CT molecular complexity index is 1110. The van der Waals surface area contributed by atoms with Gasteiger partial charge in [-0.25, -0.2) is 0 Å². The van der Waals surface area contributed by atoms with Crippen LogP contribution in [0.15, 0.2) is 64.4 Å². The van der Waals surface area contributed by atoms with Crippen molar-refractivity contribution in [2.45, 2.75) is 32.1 Å². The molecule has 0 amide bonds. The Morgan fingerprint density at radius 3 is 2.42 bits per heavy atom. The molecular weight excluding hydrogens is 408 g/mol. The molecule has 0 spiro atoms. The number of carbonyl (C=O) groups excluding carboxylic acids is 1. The summed E-state index contributed by atoms with van der Waals surface area (Å²) in [6, 6.07) is 16.4. The number of nitrogens with one attached hydrogen (secondary N) is 2. The van der Waals surface area contributed by atoms with Gasteiger partial charge in [-0.3, -0.25) is 19.0 Å². The Hall–Kier alpha value is -3.19. The summed E-state index contributed by atoms with van der Waals surface area (Å²) in [7, 11) is 0. The molecule has 1 fully saturated rings. The van der Waals surface area contributed by atoms with Gasteiger partial charge in [-0.15, -0.1) is 0 Å². The van der Waals surface area contributed by atoms with E-state index in [1.54, 1.807) is 24.3 Å². The van der Waals surface area contributed by atoms with E-state index in [4.69, 9.17) is 5.73 Å². The minimum absolute atomic E-state index is 0.0294. The third-order valence-corrected chi connectivity index (χ3v) is 6.44. The number of aromatic nitrogens is 1. The van der Waals surface area contributed by atoms with Gasteiger partial charge >= 0.3 is 0 Å². The van der Waals surface area contributed by atoms with Crippen LogP contribution < -0.4 is 16.6 Å². The predicted octanol–water partition coefficient (Wildman–Crippen LogP) is 4.70. The van der Waals surface area contributed by atoms with Gasteiger partial charge in [0.2, 0.25) is 0 Å². The number of hydrogen-bond acceptors (Lipinski definition) is 5. The zero-order valence-electron chi connectivity index (χ0n) is 17.3. The number of rotatable bonds is 7. The topological polar surface area (TPSA) is 100 Å². The summed E-state index contributed by atoms with van der Waals surface area (Å²) in [6.07, 6.45) is 6.14. The molecule has 2 aromatic carbocycles. The van der Waals surface area contributed by atoms with Crippen LogP contribution in [0, 0.1) is 5.92 Å². The van der Waals surface area contributed by atoms with E-state index in [0.717, 1.165) is 5.69 Å². The number of nitrogens with two attached hydrogens (primary N) is 1. The molecule has 1 saturated carbocycles. The predicted molar refractivity (Wildman–Crippen MR) is 127 cm³/mol. The van der Waals surface area contributed by atoms with Crippen molar-refractivity contribution in [3.63, 3.8) is 0 Å². The maximum Gasteiger partial charge on any atom is 0.271 e. The molecule has 3 aromatic rings. The molecule has 1 aromatic heterocycles. The van der Waals surface area contributed by atoms with Crippen molar-refractivity contribution in [3.8, 4) is 0 Å². The van der Waals surface area contributed by atoms with Crippen LogP contribution in [0.5, 0.6) is 0 Å². The lowest BCUT2D eigenvalue weighted by Gasteiger charge is -2.19. The van der Waals surface area contributed by atoms with Crippen LogP contribution >= 0.6 is 11.5 Å². The zero-order valence-corrected chi connectivity index (χ0v) is 18.1. The van der Waals surface area contributed by atoms with E-state index in [0.29, 0.717) is 34.2 Å². The number of hydrogen-bond donors (Lipinski definition) is 3. The normalized spacial score (nSPS) is 15.0. The van der Waals surface area contributed by atoms with Crippen molar-refractivity contribution in [1.29, 1.82) is 0 Å². The molecule has 1 aliphatic rings. The molecule has 1 heterocycles. The summed E-state index contributed by atoms with van der Waals surface area (Å²) < 4.78 is 2.74. The molecule has 7 heteroatoms. The Morgan fingerprint density at radius 1 is 1.03 bits per heavy atom. The fourth-order valence-electron chi connectivity index (χ4n) is 3.89. The van der Waals surface area contributed by atoms with Crippen LogP contribution in [0.2, 0.25) is 0 Å². The van der Waals surface area contributed by atoms with Gasteiger partial charge < -0.3 is 11.1 Å². The number of carbonyl (C=O) groups is 1. The standard InChI is InChI=1S/C24H26N4O2S/c25-22(26-15-16-7-3-1-4-8-16)20-23(30)28-31-24(20)27-19-13-11-18(12-14-19)21(29)17-9-5-2-6-10-17/h2,5-6,9-14,16,27H,1,3-4,7-8,15H2,(H2,25,26)(H,28,30). The fraction of sp³-hybridized carbons (Fsp3) is 0.292. The first-order chi connectivity index (χ1) is 15.1. The van der Waals surface area contributed by atoms with Crippen LogP contribution in [0.3, 0.4) is 0 Å². The second-order valence-corrected chi connectivity index (χ2v) is 8.68. The molecule has 0 bridgehead atoms. The van der Waals surface area contributed by atoms with E-state index >= 15 is 0 Å². The molecule has 4 N–H and O–H groups in total. The van der Waals surface area contributed by atoms with Crippen LogP contribution in [0.25, 0.3) is 0 Å². The molecule has 0 radical (unpaired) electrons. The molecule has 31 heavy (non-hydrogen) atoms. The minimum Gasteiger partial charge on any atom is -0.383 e. The van der Waals surface area contributed by atoms with Crippen LogP contribution in [0.4, 0.5) is 10.7 Å². The maximum atomic E-state index is 12.6. The number of amidine groups is 1. The van der Waals surface area contributed by atoms with Crippen LogP contribution in [-0.2, 0) is 0 Å².